The molecule has 2 amide bonds. The van der Waals surface area contributed by atoms with Gasteiger partial charge in [-0.2, -0.15) is 0 Å². The number of amides is 2. The number of nitrogen functional groups attached to an aromatic ring is 2. The Labute approximate surface area is 120 Å². The number of primary amides is 1. The SMILES string of the molecule is NC(=O)C[C@H](NC(=O)C=Cc1cc(N)ccc1N)C(=O)O. The molecular weight excluding hydrogens is 276 g/mol. The second-order valence-electron chi connectivity index (χ2n) is 4.29. The van der Waals surface area contributed by atoms with Gasteiger partial charge in [0.15, 0.2) is 0 Å². The fraction of sp³-hybridized carbons (Fsp3) is 0.154. The molecule has 1 rings (SSSR count). The van der Waals surface area contributed by atoms with Gasteiger partial charge in [-0.25, -0.2) is 4.79 Å². The van der Waals surface area contributed by atoms with Gasteiger partial charge in [0.05, 0.1) is 6.42 Å². The third-order valence-electron chi connectivity index (χ3n) is 2.55. The molecule has 0 saturated heterocycles. The van der Waals surface area contributed by atoms with E-state index >= 15 is 0 Å². The molecule has 0 aromatic heterocycles. The molecule has 0 aliphatic carbocycles. The highest BCUT2D eigenvalue weighted by atomic mass is 16.4. The van der Waals surface area contributed by atoms with E-state index in [1.807, 2.05) is 0 Å². The van der Waals surface area contributed by atoms with Gasteiger partial charge >= 0.3 is 5.97 Å². The Kier molecular flexibility index (Phi) is 5.30. The van der Waals surface area contributed by atoms with E-state index in [4.69, 9.17) is 22.3 Å². The van der Waals surface area contributed by atoms with Gasteiger partial charge in [0.2, 0.25) is 11.8 Å². The molecule has 0 aliphatic heterocycles. The molecule has 0 fully saturated rings. The molecule has 0 spiro atoms. The average molecular weight is 292 g/mol. The summed E-state index contributed by atoms with van der Waals surface area (Å²) in [5.41, 5.74) is 17.6. The molecule has 0 radical (unpaired) electrons. The molecule has 21 heavy (non-hydrogen) atoms. The number of hydrogen-bond acceptors (Lipinski definition) is 5. The molecule has 8 nitrogen and oxygen atoms in total. The normalized spacial score (nSPS) is 12.0. The summed E-state index contributed by atoms with van der Waals surface area (Å²) in [5.74, 6) is -2.86. The van der Waals surface area contributed by atoms with E-state index in [1.54, 1.807) is 18.2 Å². The number of hydrogen-bond donors (Lipinski definition) is 5. The van der Waals surface area contributed by atoms with Crippen LogP contribution in [0, 0.1) is 0 Å². The minimum Gasteiger partial charge on any atom is -0.480 e. The summed E-state index contributed by atoms with van der Waals surface area (Å²) < 4.78 is 0. The first-order chi connectivity index (χ1) is 9.79. The van der Waals surface area contributed by atoms with Crippen molar-refractivity contribution in [1.29, 1.82) is 0 Å². The van der Waals surface area contributed by atoms with Gasteiger partial charge in [-0.3, -0.25) is 9.59 Å². The van der Waals surface area contributed by atoms with Crippen LogP contribution in [-0.4, -0.2) is 28.9 Å². The topological polar surface area (TPSA) is 162 Å². The van der Waals surface area contributed by atoms with E-state index in [2.05, 4.69) is 5.32 Å². The summed E-state index contributed by atoms with van der Waals surface area (Å²) in [4.78, 5) is 33.2. The number of benzene rings is 1. The smallest absolute Gasteiger partial charge is 0.326 e. The van der Waals surface area contributed by atoms with Gasteiger partial charge in [-0.1, -0.05) is 0 Å². The van der Waals surface area contributed by atoms with Crippen LogP contribution >= 0.6 is 0 Å². The van der Waals surface area contributed by atoms with Gasteiger partial charge in [0.1, 0.15) is 6.04 Å². The Morgan fingerprint density at radius 2 is 1.95 bits per heavy atom. The number of carboxylic acids is 1. The highest BCUT2D eigenvalue weighted by Gasteiger charge is 2.20. The summed E-state index contributed by atoms with van der Waals surface area (Å²) in [5, 5.41) is 11.0. The molecular formula is C13H16N4O4. The maximum absolute atomic E-state index is 11.6. The maximum Gasteiger partial charge on any atom is 0.326 e. The van der Waals surface area contributed by atoms with Crippen LogP contribution in [0.3, 0.4) is 0 Å². The number of nitrogens with two attached hydrogens (primary N) is 3. The zero-order valence-electron chi connectivity index (χ0n) is 11.1. The highest BCUT2D eigenvalue weighted by molar-refractivity contribution is 5.96. The second-order valence-corrected chi connectivity index (χ2v) is 4.29. The summed E-state index contributed by atoms with van der Waals surface area (Å²) >= 11 is 0. The third kappa shape index (κ3) is 5.23. The van der Waals surface area contributed by atoms with Crippen LogP contribution in [0.1, 0.15) is 12.0 Å². The van der Waals surface area contributed by atoms with Gasteiger partial charge in [0.25, 0.3) is 0 Å². The van der Waals surface area contributed by atoms with Crippen molar-refractivity contribution in [1.82, 2.24) is 5.32 Å². The van der Waals surface area contributed by atoms with Crippen LogP contribution in [0.15, 0.2) is 24.3 Å². The largest absolute Gasteiger partial charge is 0.480 e. The van der Waals surface area contributed by atoms with Gasteiger partial charge in [-0.05, 0) is 29.8 Å². The van der Waals surface area contributed by atoms with Crippen LogP contribution < -0.4 is 22.5 Å². The minimum absolute atomic E-state index is 0.417. The first-order valence-electron chi connectivity index (χ1n) is 5.94. The average Bonchev–Trinajstić information content (AvgIpc) is 2.38. The van der Waals surface area contributed by atoms with E-state index in [1.165, 1.54) is 6.08 Å². The van der Waals surface area contributed by atoms with Gasteiger partial charge in [-0.15, -0.1) is 0 Å². The molecule has 1 aromatic carbocycles. The van der Waals surface area contributed by atoms with Crippen LogP contribution in [0.4, 0.5) is 11.4 Å². The summed E-state index contributed by atoms with van der Waals surface area (Å²) in [6, 6.07) is 3.38. The lowest BCUT2D eigenvalue weighted by Gasteiger charge is -2.10. The molecule has 1 atom stereocenters. The minimum atomic E-state index is -1.38. The summed E-state index contributed by atoms with van der Waals surface area (Å²) in [6.45, 7) is 0. The third-order valence-corrected chi connectivity index (χ3v) is 2.55. The molecule has 0 saturated carbocycles. The summed E-state index contributed by atoms with van der Waals surface area (Å²) in [6.07, 6.45) is 2.00. The Balaban J connectivity index is 2.75. The Bertz CT molecular complexity index is 598. The lowest BCUT2D eigenvalue weighted by molar-refractivity contribution is -0.142. The van der Waals surface area contributed by atoms with Gasteiger partial charge in [0, 0.05) is 17.5 Å². The number of rotatable bonds is 6. The predicted molar refractivity (Wildman–Crippen MR) is 77.7 cm³/mol. The number of aliphatic carboxylic acids is 1. The predicted octanol–water partition coefficient (Wildman–Crippen LogP) is -0.691. The standard InChI is InChI=1S/C13H16N4O4/c14-8-2-3-9(15)7(5-8)1-4-12(19)17-10(13(20)21)6-11(16)18/h1-5,10H,6,14-15H2,(H2,16,18)(H,17,19)(H,20,21)/t10-/m0/s1. The first-order valence-corrected chi connectivity index (χ1v) is 5.94. The zero-order valence-corrected chi connectivity index (χ0v) is 11.1. The number of carbonyl (C=O) groups is 3. The monoisotopic (exact) mass is 292 g/mol. The van der Waals surface area contributed by atoms with E-state index in [-0.39, 0.29) is 0 Å². The Morgan fingerprint density at radius 1 is 1.29 bits per heavy atom. The fourth-order valence-corrected chi connectivity index (χ4v) is 1.52. The number of nitrogens with one attached hydrogen (secondary N) is 1. The van der Waals surface area contributed by atoms with Crippen molar-refractivity contribution in [2.45, 2.75) is 12.5 Å². The van der Waals surface area contributed by atoms with E-state index in [0.29, 0.717) is 16.9 Å². The molecule has 0 unspecified atom stereocenters. The number of carboxylic acid groups (broad SMARTS) is 1. The van der Waals surface area contributed by atoms with Crippen LogP contribution in [0.5, 0.6) is 0 Å². The van der Waals surface area contributed by atoms with Crippen LogP contribution in [0.2, 0.25) is 0 Å². The fourth-order valence-electron chi connectivity index (χ4n) is 1.52. The van der Waals surface area contributed by atoms with Crippen molar-refractivity contribution in [2.24, 2.45) is 5.73 Å². The Morgan fingerprint density at radius 3 is 2.52 bits per heavy atom. The molecule has 8 N–H and O–H groups in total. The molecule has 1 aromatic rings. The van der Waals surface area contributed by atoms with Crippen LogP contribution in [0.25, 0.3) is 6.08 Å². The van der Waals surface area contributed by atoms with Crippen molar-refractivity contribution in [3.63, 3.8) is 0 Å². The second kappa shape index (κ2) is 6.94. The molecule has 0 heterocycles. The Hall–Kier alpha value is -3.03. The molecule has 0 bridgehead atoms. The lowest BCUT2D eigenvalue weighted by atomic mass is 10.1. The van der Waals surface area contributed by atoms with E-state index in [9.17, 15) is 14.4 Å². The zero-order chi connectivity index (χ0) is 16.0. The van der Waals surface area contributed by atoms with E-state index in [0.717, 1.165) is 6.08 Å². The van der Waals surface area contributed by atoms with Crippen molar-refractivity contribution in [3.8, 4) is 0 Å². The van der Waals surface area contributed by atoms with Gasteiger partial charge < -0.3 is 27.6 Å². The van der Waals surface area contributed by atoms with Crippen molar-refractivity contribution >= 4 is 35.2 Å². The van der Waals surface area contributed by atoms with Crippen molar-refractivity contribution < 1.29 is 19.5 Å². The van der Waals surface area contributed by atoms with Crippen molar-refractivity contribution in [2.75, 3.05) is 11.5 Å². The molecule has 8 heteroatoms. The molecule has 0 aliphatic rings. The highest BCUT2D eigenvalue weighted by Crippen LogP contribution is 2.16. The number of anilines is 2. The first kappa shape index (κ1) is 16.0. The summed E-state index contributed by atoms with van der Waals surface area (Å²) in [7, 11) is 0. The lowest BCUT2D eigenvalue weighted by Crippen LogP contribution is -2.42. The van der Waals surface area contributed by atoms with E-state index < -0.39 is 30.2 Å². The molecule has 112 valence electrons. The van der Waals surface area contributed by atoms with Crippen molar-refractivity contribution in [3.05, 3.63) is 29.8 Å². The quantitative estimate of drug-likeness (QED) is 0.344. The van der Waals surface area contributed by atoms with Crippen LogP contribution in [-0.2, 0) is 14.4 Å². The maximum atomic E-state index is 11.6. The number of carbonyl (C=O) groups excluding carboxylic acids is 2.